The van der Waals surface area contributed by atoms with Gasteiger partial charge < -0.3 is 20.1 Å². The van der Waals surface area contributed by atoms with Crippen LogP contribution in [-0.2, 0) is 4.74 Å². The molecule has 0 spiro atoms. The van der Waals surface area contributed by atoms with E-state index in [4.69, 9.17) is 9.47 Å². The molecule has 0 radical (unpaired) electrons. The lowest BCUT2D eigenvalue weighted by molar-refractivity contribution is 0.0932. The fourth-order valence-corrected chi connectivity index (χ4v) is 1.83. The van der Waals surface area contributed by atoms with E-state index in [0.717, 1.165) is 17.1 Å². The number of pyridine rings is 1. The minimum Gasteiger partial charge on any atom is -0.497 e. The third kappa shape index (κ3) is 4.46. The molecule has 0 atom stereocenters. The molecule has 2 N–H and O–H groups in total. The molecule has 0 saturated carbocycles. The molecule has 0 unspecified atom stereocenters. The highest BCUT2D eigenvalue weighted by molar-refractivity contribution is 5.93. The molecule has 2 aromatic rings. The van der Waals surface area contributed by atoms with Gasteiger partial charge in [-0.05, 0) is 36.4 Å². The van der Waals surface area contributed by atoms with E-state index >= 15 is 0 Å². The maximum absolute atomic E-state index is 11.9. The largest absolute Gasteiger partial charge is 0.497 e. The van der Waals surface area contributed by atoms with Crippen LogP contribution in [0.25, 0.3) is 0 Å². The highest BCUT2D eigenvalue weighted by atomic mass is 16.5. The first kappa shape index (κ1) is 15.8. The Morgan fingerprint density at radius 1 is 1.14 bits per heavy atom. The van der Waals surface area contributed by atoms with Crippen molar-refractivity contribution in [1.82, 2.24) is 10.3 Å². The quantitative estimate of drug-likeness (QED) is 0.767. The second-order valence-electron chi connectivity index (χ2n) is 4.53. The molecule has 1 amide bonds. The molecule has 1 aromatic carbocycles. The van der Waals surface area contributed by atoms with Gasteiger partial charge in [0.05, 0.1) is 13.7 Å². The third-order valence-corrected chi connectivity index (χ3v) is 2.96. The van der Waals surface area contributed by atoms with Crippen LogP contribution in [0.5, 0.6) is 5.75 Å². The van der Waals surface area contributed by atoms with Crippen LogP contribution < -0.4 is 15.4 Å². The zero-order valence-electron chi connectivity index (χ0n) is 12.6. The summed E-state index contributed by atoms with van der Waals surface area (Å²) in [6, 6.07) is 11.0. The van der Waals surface area contributed by atoms with E-state index in [0.29, 0.717) is 18.8 Å². The number of carbonyl (C=O) groups is 1. The SMILES string of the molecule is COCCNC(=O)c1cc(Nc2ccc(OC)cc2)ccn1. The van der Waals surface area contributed by atoms with Crippen molar-refractivity contribution < 1.29 is 14.3 Å². The van der Waals surface area contributed by atoms with E-state index in [1.165, 1.54) is 0 Å². The van der Waals surface area contributed by atoms with Crippen LogP contribution in [0.3, 0.4) is 0 Å². The van der Waals surface area contributed by atoms with Crippen molar-refractivity contribution in [3.63, 3.8) is 0 Å². The molecular formula is C16H19N3O3. The highest BCUT2D eigenvalue weighted by Crippen LogP contribution is 2.19. The molecular weight excluding hydrogens is 282 g/mol. The summed E-state index contributed by atoms with van der Waals surface area (Å²) < 4.78 is 10.0. The number of nitrogens with one attached hydrogen (secondary N) is 2. The number of hydrogen-bond donors (Lipinski definition) is 2. The van der Waals surface area contributed by atoms with Gasteiger partial charge in [-0.15, -0.1) is 0 Å². The predicted molar refractivity (Wildman–Crippen MR) is 84.7 cm³/mol. The number of anilines is 2. The van der Waals surface area contributed by atoms with Gasteiger partial charge in [0.25, 0.3) is 5.91 Å². The van der Waals surface area contributed by atoms with Crippen LogP contribution >= 0.6 is 0 Å². The molecule has 2 rings (SSSR count). The fourth-order valence-electron chi connectivity index (χ4n) is 1.83. The average Bonchev–Trinajstić information content (AvgIpc) is 2.56. The lowest BCUT2D eigenvalue weighted by atomic mass is 10.2. The molecule has 0 aliphatic carbocycles. The number of nitrogens with zero attached hydrogens (tertiary/aromatic N) is 1. The Balaban J connectivity index is 2.02. The molecule has 0 aliphatic rings. The standard InChI is InChI=1S/C16H19N3O3/c1-21-10-9-18-16(20)15-11-13(7-8-17-15)19-12-3-5-14(22-2)6-4-12/h3-8,11H,9-10H2,1-2H3,(H,17,19)(H,18,20). The van der Waals surface area contributed by atoms with Gasteiger partial charge >= 0.3 is 0 Å². The van der Waals surface area contributed by atoms with E-state index in [-0.39, 0.29) is 5.91 Å². The van der Waals surface area contributed by atoms with Crippen LogP contribution in [0.2, 0.25) is 0 Å². The Morgan fingerprint density at radius 2 is 1.91 bits per heavy atom. The van der Waals surface area contributed by atoms with Crippen molar-refractivity contribution in [1.29, 1.82) is 0 Å². The zero-order chi connectivity index (χ0) is 15.8. The maximum atomic E-state index is 11.9. The smallest absolute Gasteiger partial charge is 0.270 e. The molecule has 0 bridgehead atoms. The van der Waals surface area contributed by atoms with Gasteiger partial charge in [-0.2, -0.15) is 0 Å². The van der Waals surface area contributed by atoms with Crippen LogP contribution in [0.4, 0.5) is 11.4 Å². The monoisotopic (exact) mass is 301 g/mol. The van der Waals surface area contributed by atoms with E-state index in [2.05, 4.69) is 15.6 Å². The summed E-state index contributed by atoms with van der Waals surface area (Å²) in [7, 11) is 3.21. The second kappa shape index (κ2) is 7.99. The summed E-state index contributed by atoms with van der Waals surface area (Å²) in [4.78, 5) is 16.0. The number of aromatic nitrogens is 1. The van der Waals surface area contributed by atoms with E-state index in [9.17, 15) is 4.79 Å². The van der Waals surface area contributed by atoms with Crippen molar-refractivity contribution in [2.45, 2.75) is 0 Å². The minimum atomic E-state index is -0.226. The van der Waals surface area contributed by atoms with E-state index in [1.54, 1.807) is 32.5 Å². The van der Waals surface area contributed by atoms with E-state index < -0.39 is 0 Å². The van der Waals surface area contributed by atoms with Crippen LogP contribution in [0.1, 0.15) is 10.5 Å². The van der Waals surface area contributed by atoms with Crippen molar-refractivity contribution >= 4 is 17.3 Å². The Morgan fingerprint density at radius 3 is 2.59 bits per heavy atom. The molecule has 0 fully saturated rings. The zero-order valence-corrected chi connectivity index (χ0v) is 12.6. The average molecular weight is 301 g/mol. The number of benzene rings is 1. The van der Waals surface area contributed by atoms with Crippen LogP contribution in [-0.4, -0.2) is 38.3 Å². The van der Waals surface area contributed by atoms with Gasteiger partial charge in [-0.25, -0.2) is 0 Å². The molecule has 6 heteroatoms. The molecule has 6 nitrogen and oxygen atoms in total. The van der Waals surface area contributed by atoms with Gasteiger partial charge in [0.1, 0.15) is 11.4 Å². The normalized spacial score (nSPS) is 10.1. The molecule has 116 valence electrons. The van der Waals surface area contributed by atoms with Gasteiger partial charge in [-0.1, -0.05) is 0 Å². The summed E-state index contributed by atoms with van der Waals surface area (Å²) in [5, 5.41) is 5.95. The first-order valence-electron chi connectivity index (χ1n) is 6.87. The maximum Gasteiger partial charge on any atom is 0.270 e. The van der Waals surface area contributed by atoms with Crippen LogP contribution in [0.15, 0.2) is 42.6 Å². The van der Waals surface area contributed by atoms with Crippen LogP contribution in [0, 0.1) is 0 Å². The summed E-state index contributed by atoms with van der Waals surface area (Å²) in [6.45, 7) is 0.919. The fraction of sp³-hybridized carbons (Fsp3) is 0.250. The Hall–Kier alpha value is -2.60. The number of carbonyl (C=O) groups excluding carboxylic acids is 1. The Kier molecular flexibility index (Phi) is 5.73. The van der Waals surface area contributed by atoms with Gasteiger partial charge in [0.2, 0.25) is 0 Å². The summed E-state index contributed by atoms with van der Waals surface area (Å²) >= 11 is 0. The summed E-state index contributed by atoms with van der Waals surface area (Å²) in [5.41, 5.74) is 2.05. The molecule has 1 aromatic heterocycles. The number of ether oxygens (including phenoxy) is 2. The van der Waals surface area contributed by atoms with Crippen molar-refractivity contribution in [2.24, 2.45) is 0 Å². The Bertz CT molecular complexity index is 614. The van der Waals surface area contributed by atoms with Gasteiger partial charge in [0, 0.05) is 31.2 Å². The highest BCUT2D eigenvalue weighted by Gasteiger charge is 2.07. The van der Waals surface area contributed by atoms with Gasteiger partial charge in [-0.3, -0.25) is 9.78 Å². The number of amides is 1. The first-order valence-corrected chi connectivity index (χ1v) is 6.87. The lowest BCUT2D eigenvalue weighted by Crippen LogP contribution is -2.27. The van der Waals surface area contributed by atoms with Gasteiger partial charge in [0.15, 0.2) is 0 Å². The summed E-state index contributed by atoms with van der Waals surface area (Å²) in [6.07, 6.45) is 1.59. The second-order valence-corrected chi connectivity index (χ2v) is 4.53. The predicted octanol–water partition coefficient (Wildman–Crippen LogP) is 2.21. The minimum absolute atomic E-state index is 0.226. The lowest BCUT2D eigenvalue weighted by Gasteiger charge is -2.09. The summed E-state index contributed by atoms with van der Waals surface area (Å²) in [5.74, 6) is 0.564. The molecule has 22 heavy (non-hydrogen) atoms. The number of methoxy groups -OCH3 is 2. The molecule has 0 aliphatic heterocycles. The Labute approximate surface area is 129 Å². The van der Waals surface area contributed by atoms with Crippen molar-refractivity contribution in [2.75, 3.05) is 32.7 Å². The van der Waals surface area contributed by atoms with E-state index in [1.807, 2.05) is 24.3 Å². The first-order chi connectivity index (χ1) is 10.7. The third-order valence-electron chi connectivity index (χ3n) is 2.96. The van der Waals surface area contributed by atoms with Crippen molar-refractivity contribution in [3.05, 3.63) is 48.3 Å². The topological polar surface area (TPSA) is 72.5 Å². The molecule has 0 saturated heterocycles. The van der Waals surface area contributed by atoms with Crippen molar-refractivity contribution in [3.8, 4) is 5.75 Å². The number of hydrogen-bond acceptors (Lipinski definition) is 5. The number of rotatable bonds is 7. The molecule has 1 heterocycles.